The molecule has 3 aromatic rings. The van der Waals surface area contributed by atoms with Crippen molar-refractivity contribution >= 4 is 11.0 Å². The highest BCUT2D eigenvalue weighted by Gasteiger charge is 2.12. The van der Waals surface area contributed by atoms with E-state index >= 15 is 0 Å². The molecular formula is C13H14N6. The van der Waals surface area contributed by atoms with E-state index in [-0.39, 0.29) is 6.04 Å². The van der Waals surface area contributed by atoms with Crippen molar-refractivity contribution < 1.29 is 0 Å². The van der Waals surface area contributed by atoms with Gasteiger partial charge in [0.1, 0.15) is 0 Å². The Morgan fingerprint density at radius 3 is 2.79 bits per heavy atom. The van der Waals surface area contributed by atoms with Gasteiger partial charge in [-0.3, -0.25) is 9.67 Å². The second-order valence-corrected chi connectivity index (χ2v) is 4.48. The molecule has 1 aromatic carbocycles. The average Bonchev–Trinajstić information content (AvgIpc) is 2.83. The van der Waals surface area contributed by atoms with Crippen LogP contribution in [0.5, 0.6) is 0 Å². The van der Waals surface area contributed by atoms with Crippen LogP contribution in [-0.2, 0) is 13.5 Å². The number of nitrogens with two attached hydrogens (primary N) is 1. The lowest BCUT2D eigenvalue weighted by atomic mass is 10.1. The largest absolute Gasteiger partial charge is 0.322 e. The molecule has 0 fully saturated rings. The zero-order chi connectivity index (χ0) is 13.2. The van der Waals surface area contributed by atoms with Crippen LogP contribution in [0, 0.1) is 0 Å². The summed E-state index contributed by atoms with van der Waals surface area (Å²) in [6, 6.07) is 7.51. The van der Waals surface area contributed by atoms with Gasteiger partial charge in [0.05, 0.1) is 34.7 Å². The number of hydrogen-bond donors (Lipinski definition) is 1. The lowest BCUT2D eigenvalue weighted by Crippen LogP contribution is -2.15. The second-order valence-electron chi connectivity index (χ2n) is 4.48. The molecule has 0 amide bonds. The highest BCUT2D eigenvalue weighted by Crippen LogP contribution is 2.15. The third-order valence-corrected chi connectivity index (χ3v) is 2.93. The van der Waals surface area contributed by atoms with Crippen molar-refractivity contribution in [3.63, 3.8) is 0 Å². The molecule has 0 saturated heterocycles. The number of aromatic nitrogens is 5. The van der Waals surface area contributed by atoms with Crippen molar-refractivity contribution in [1.82, 2.24) is 25.0 Å². The van der Waals surface area contributed by atoms with Gasteiger partial charge in [0.15, 0.2) is 0 Å². The Morgan fingerprint density at radius 1 is 1.26 bits per heavy atom. The summed E-state index contributed by atoms with van der Waals surface area (Å²) in [4.78, 5) is 8.90. The van der Waals surface area contributed by atoms with Crippen LogP contribution in [0.1, 0.15) is 17.4 Å². The number of hydrogen-bond acceptors (Lipinski definition) is 5. The van der Waals surface area contributed by atoms with Crippen LogP contribution in [0.3, 0.4) is 0 Å². The van der Waals surface area contributed by atoms with E-state index in [0.717, 1.165) is 22.4 Å². The molecule has 0 aliphatic carbocycles. The molecule has 6 heteroatoms. The zero-order valence-electron chi connectivity index (χ0n) is 10.6. The summed E-state index contributed by atoms with van der Waals surface area (Å²) in [5.74, 6) is 0. The van der Waals surface area contributed by atoms with E-state index in [1.54, 1.807) is 10.9 Å². The maximum Gasteiger partial charge on any atom is 0.0890 e. The SMILES string of the molecule is Cn1cc(CC(N)c2cnc3ccccc3n2)nn1. The molecule has 0 aliphatic heterocycles. The smallest absolute Gasteiger partial charge is 0.0890 e. The molecule has 2 N–H and O–H groups in total. The minimum absolute atomic E-state index is 0.228. The van der Waals surface area contributed by atoms with Crippen molar-refractivity contribution in [2.24, 2.45) is 12.8 Å². The Kier molecular flexibility index (Phi) is 2.92. The van der Waals surface area contributed by atoms with Crippen molar-refractivity contribution in [2.45, 2.75) is 12.5 Å². The van der Waals surface area contributed by atoms with Crippen molar-refractivity contribution in [3.8, 4) is 0 Å². The Morgan fingerprint density at radius 2 is 2.05 bits per heavy atom. The normalized spacial score (nSPS) is 12.7. The summed E-state index contributed by atoms with van der Waals surface area (Å²) in [6.45, 7) is 0. The Bertz CT molecular complexity index is 705. The Hall–Kier alpha value is -2.34. The van der Waals surface area contributed by atoms with Gasteiger partial charge in [-0.15, -0.1) is 5.10 Å². The predicted octanol–water partition coefficient (Wildman–Crippen LogP) is 1.00. The Labute approximate surface area is 110 Å². The van der Waals surface area contributed by atoms with Crippen LogP contribution in [0.2, 0.25) is 0 Å². The van der Waals surface area contributed by atoms with Gasteiger partial charge in [-0.05, 0) is 12.1 Å². The molecule has 0 spiro atoms. The maximum atomic E-state index is 6.15. The van der Waals surface area contributed by atoms with Gasteiger partial charge < -0.3 is 5.73 Å². The predicted molar refractivity (Wildman–Crippen MR) is 71.2 cm³/mol. The molecular weight excluding hydrogens is 240 g/mol. The molecule has 0 radical (unpaired) electrons. The van der Waals surface area contributed by atoms with Crippen LogP contribution >= 0.6 is 0 Å². The third kappa shape index (κ3) is 2.43. The Balaban J connectivity index is 1.86. The van der Waals surface area contributed by atoms with Crippen LogP contribution in [0.25, 0.3) is 11.0 Å². The summed E-state index contributed by atoms with van der Waals surface area (Å²) < 4.78 is 1.66. The van der Waals surface area contributed by atoms with Crippen LogP contribution in [0.4, 0.5) is 0 Å². The molecule has 1 atom stereocenters. The first-order valence-corrected chi connectivity index (χ1v) is 6.05. The highest BCUT2D eigenvalue weighted by molar-refractivity contribution is 5.73. The molecule has 0 bridgehead atoms. The monoisotopic (exact) mass is 254 g/mol. The average molecular weight is 254 g/mol. The van der Waals surface area contributed by atoms with Crippen molar-refractivity contribution in [3.05, 3.63) is 48.0 Å². The summed E-state index contributed by atoms with van der Waals surface area (Å²) >= 11 is 0. The highest BCUT2D eigenvalue weighted by atomic mass is 15.4. The van der Waals surface area contributed by atoms with E-state index < -0.39 is 0 Å². The topological polar surface area (TPSA) is 82.5 Å². The number of para-hydroxylation sites is 2. The van der Waals surface area contributed by atoms with Crippen LogP contribution in [0.15, 0.2) is 36.7 Å². The first-order valence-electron chi connectivity index (χ1n) is 6.05. The van der Waals surface area contributed by atoms with E-state index in [1.165, 1.54) is 0 Å². The number of aryl methyl sites for hydroxylation is 1. The minimum atomic E-state index is -0.228. The van der Waals surface area contributed by atoms with E-state index in [2.05, 4.69) is 20.3 Å². The molecule has 2 heterocycles. The lowest BCUT2D eigenvalue weighted by Gasteiger charge is -2.09. The van der Waals surface area contributed by atoms with Gasteiger partial charge in [0.2, 0.25) is 0 Å². The fraction of sp³-hybridized carbons (Fsp3) is 0.231. The third-order valence-electron chi connectivity index (χ3n) is 2.93. The molecule has 1 unspecified atom stereocenters. The van der Waals surface area contributed by atoms with E-state index in [0.29, 0.717) is 6.42 Å². The quantitative estimate of drug-likeness (QED) is 0.754. The summed E-state index contributed by atoms with van der Waals surface area (Å²) in [5, 5.41) is 7.92. The van der Waals surface area contributed by atoms with Crippen LogP contribution < -0.4 is 5.73 Å². The van der Waals surface area contributed by atoms with E-state index in [9.17, 15) is 0 Å². The number of nitrogens with zero attached hydrogens (tertiary/aromatic N) is 5. The number of rotatable bonds is 3. The van der Waals surface area contributed by atoms with Crippen molar-refractivity contribution in [1.29, 1.82) is 0 Å². The fourth-order valence-electron chi connectivity index (χ4n) is 1.97. The minimum Gasteiger partial charge on any atom is -0.322 e. The van der Waals surface area contributed by atoms with Gasteiger partial charge in [-0.1, -0.05) is 17.3 Å². The van der Waals surface area contributed by atoms with Gasteiger partial charge in [-0.25, -0.2) is 4.98 Å². The van der Waals surface area contributed by atoms with Gasteiger partial charge in [-0.2, -0.15) is 0 Å². The van der Waals surface area contributed by atoms with Crippen molar-refractivity contribution in [2.75, 3.05) is 0 Å². The molecule has 6 nitrogen and oxygen atoms in total. The second kappa shape index (κ2) is 4.74. The standard InChI is InChI=1S/C13H14N6/c1-19-8-9(17-18-19)6-10(14)13-7-15-11-4-2-3-5-12(11)16-13/h2-5,7-8,10H,6,14H2,1H3. The molecule has 96 valence electrons. The van der Waals surface area contributed by atoms with E-state index in [4.69, 9.17) is 5.73 Å². The number of fused-ring (bicyclic) bond motifs is 1. The van der Waals surface area contributed by atoms with Gasteiger partial charge in [0, 0.05) is 19.7 Å². The molecule has 3 rings (SSSR count). The number of benzene rings is 1. The van der Waals surface area contributed by atoms with Gasteiger partial charge >= 0.3 is 0 Å². The first-order chi connectivity index (χ1) is 9.22. The van der Waals surface area contributed by atoms with E-state index in [1.807, 2.05) is 37.5 Å². The first kappa shape index (κ1) is 11.7. The summed E-state index contributed by atoms with van der Waals surface area (Å²) in [5.41, 5.74) is 9.50. The van der Waals surface area contributed by atoms with Crippen LogP contribution in [-0.4, -0.2) is 25.0 Å². The molecule has 19 heavy (non-hydrogen) atoms. The lowest BCUT2D eigenvalue weighted by molar-refractivity contribution is 0.677. The molecule has 0 saturated carbocycles. The summed E-state index contributed by atoms with van der Waals surface area (Å²) in [6.07, 6.45) is 4.18. The maximum absolute atomic E-state index is 6.15. The summed E-state index contributed by atoms with van der Waals surface area (Å²) in [7, 11) is 1.83. The molecule has 2 aromatic heterocycles. The fourth-order valence-corrected chi connectivity index (χ4v) is 1.97. The van der Waals surface area contributed by atoms with Gasteiger partial charge in [0.25, 0.3) is 0 Å². The zero-order valence-corrected chi connectivity index (χ0v) is 10.6. The molecule has 0 aliphatic rings.